The number of azo groups is 2. The van der Waals surface area contributed by atoms with Crippen LogP contribution in [0.5, 0.6) is 5.75 Å². The summed E-state index contributed by atoms with van der Waals surface area (Å²) in [6, 6.07) is 21.9. The molecule has 0 fully saturated rings. The van der Waals surface area contributed by atoms with Gasteiger partial charge in [-0.3, -0.25) is 4.79 Å². The van der Waals surface area contributed by atoms with Crippen LogP contribution in [0.25, 0.3) is 0 Å². The number of hydrogen-bond donors (Lipinski definition) is 0. The molecule has 0 bridgehead atoms. The van der Waals surface area contributed by atoms with E-state index >= 15 is 0 Å². The fourth-order valence-corrected chi connectivity index (χ4v) is 2.39. The third kappa shape index (κ3) is 5.55. The summed E-state index contributed by atoms with van der Waals surface area (Å²) >= 11 is 0. The Morgan fingerprint density at radius 3 is 1.38 bits per heavy atom. The van der Waals surface area contributed by atoms with Crippen molar-refractivity contribution in [1.82, 2.24) is 0 Å². The lowest BCUT2D eigenvalue weighted by molar-refractivity contribution is -0.116. The molecular weight excluding hydrogens is 366 g/mol. The average molecular weight is 387 g/mol. The molecule has 0 aliphatic heterocycles. The highest BCUT2D eigenvalue weighted by atomic mass is 16.5. The highest BCUT2D eigenvalue weighted by Gasteiger charge is 2.04. The van der Waals surface area contributed by atoms with Crippen LogP contribution >= 0.6 is 0 Å². The fraction of sp³-hybridized carbons (Fsp3) is 0.136. The summed E-state index contributed by atoms with van der Waals surface area (Å²) in [6.45, 7) is 1.52. The SMILES string of the molecule is COc1ccc(N=Nc2ccc(N=Nc3ccc(N(C)C(C)=O)cc3)cc2)cc1. The number of hydrogen-bond acceptors (Lipinski definition) is 6. The highest BCUT2D eigenvalue weighted by Crippen LogP contribution is 2.25. The van der Waals surface area contributed by atoms with Crippen molar-refractivity contribution < 1.29 is 9.53 Å². The molecule has 0 heterocycles. The molecule has 3 aromatic rings. The summed E-state index contributed by atoms with van der Waals surface area (Å²) in [4.78, 5) is 13.0. The molecule has 0 atom stereocenters. The summed E-state index contributed by atoms with van der Waals surface area (Å²) in [5, 5.41) is 16.8. The predicted molar refractivity (Wildman–Crippen MR) is 113 cm³/mol. The molecule has 1 amide bonds. The van der Waals surface area contributed by atoms with E-state index in [1.165, 1.54) is 6.92 Å². The number of nitrogens with zero attached hydrogens (tertiary/aromatic N) is 5. The van der Waals surface area contributed by atoms with Crippen molar-refractivity contribution in [3.8, 4) is 5.75 Å². The second-order valence-electron chi connectivity index (χ2n) is 6.21. The number of benzene rings is 3. The van der Waals surface area contributed by atoms with E-state index in [9.17, 15) is 4.79 Å². The molecule has 3 aromatic carbocycles. The summed E-state index contributed by atoms with van der Waals surface area (Å²) in [5.74, 6) is 0.753. The summed E-state index contributed by atoms with van der Waals surface area (Å²) in [7, 11) is 3.35. The number of amides is 1. The van der Waals surface area contributed by atoms with Gasteiger partial charge in [0.25, 0.3) is 0 Å². The Balaban J connectivity index is 1.62. The molecule has 3 rings (SSSR count). The van der Waals surface area contributed by atoms with Gasteiger partial charge >= 0.3 is 0 Å². The van der Waals surface area contributed by atoms with E-state index in [0.717, 1.165) is 22.8 Å². The van der Waals surface area contributed by atoms with E-state index in [-0.39, 0.29) is 5.91 Å². The molecular formula is C22H21N5O2. The maximum atomic E-state index is 11.4. The standard InChI is InChI=1S/C22H21N5O2/c1-16(28)27(2)21-12-8-19(9-13-21)25-23-17-4-6-18(7-5-17)24-26-20-10-14-22(29-3)15-11-20/h4-15H,1-3H3. The molecule has 0 unspecified atom stereocenters. The highest BCUT2D eigenvalue weighted by molar-refractivity contribution is 5.90. The Morgan fingerprint density at radius 1 is 0.690 bits per heavy atom. The minimum Gasteiger partial charge on any atom is -0.497 e. The van der Waals surface area contributed by atoms with Gasteiger partial charge in [0.15, 0.2) is 0 Å². The van der Waals surface area contributed by atoms with Crippen LogP contribution in [-0.2, 0) is 4.79 Å². The first-order valence-corrected chi connectivity index (χ1v) is 8.97. The average Bonchev–Trinajstić information content (AvgIpc) is 2.77. The molecule has 7 heteroatoms. The predicted octanol–water partition coefficient (Wildman–Crippen LogP) is 6.51. The summed E-state index contributed by atoms with van der Waals surface area (Å²) in [5.41, 5.74) is 3.68. The zero-order valence-electron chi connectivity index (χ0n) is 16.5. The molecule has 29 heavy (non-hydrogen) atoms. The zero-order valence-corrected chi connectivity index (χ0v) is 16.5. The minimum absolute atomic E-state index is 0.0244. The largest absolute Gasteiger partial charge is 0.497 e. The van der Waals surface area contributed by atoms with Gasteiger partial charge in [0.2, 0.25) is 5.91 Å². The van der Waals surface area contributed by atoms with Gasteiger partial charge in [-0.25, -0.2) is 0 Å². The van der Waals surface area contributed by atoms with Crippen LogP contribution in [0.3, 0.4) is 0 Å². The van der Waals surface area contributed by atoms with E-state index in [4.69, 9.17) is 4.74 Å². The minimum atomic E-state index is -0.0244. The van der Waals surface area contributed by atoms with Crippen LogP contribution in [0.2, 0.25) is 0 Å². The van der Waals surface area contributed by atoms with Gasteiger partial charge in [-0.1, -0.05) is 0 Å². The number of anilines is 1. The zero-order chi connectivity index (χ0) is 20.6. The lowest BCUT2D eigenvalue weighted by atomic mass is 10.2. The monoisotopic (exact) mass is 387 g/mol. The second kappa shape index (κ2) is 9.36. The van der Waals surface area contributed by atoms with Crippen molar-refractivity contribution in [2.45, 2.75) is 6.92 Å². The number of carbonyl (C=O) groups is 1. The fourth-order valence-electron chi connectivity index (χ4n) is 2.39. The van der Waals surface area contributed by atoms with E-state index in [1.54, 1.807) is 19.1 Å². The third-order valence-corrected chi connectivity index (χ3v) is 4.19. The number of rotatable bonds is 6. The Kier molecular flexibility index (Phi) is 6.42. The Labute approximate surface area is 169 Å². The van der Waals surface area contributed by atoms with E-state index in [1.807, 2.05) is 72.8 Å². The Hall–Kier alpha value is -3.87. The van der Waals surface area contributed by atoms with Crippen LogP contribution < -0.4 is 9.64 Å². The first-order valence-electron chi connectivity index (χ1n) is 8.97. The van der Waals surface area contributed by atoms with Crippen molar-refractivity contribution in [3.63, 3.8) is 0 Å². The van der Waals surface area contributed by atoms with Crippen molar-refractivity contribution in [3.05, 3.63) is 72.8 Å². The first kappa shape index (κ1) is 19.9. The normalized spacial score (nSPS) is 11.1. The van der Waals surface area contributed by atoms with Crippen LogP contribution in [0, 0.1) is 0 Å². The molecule has 146 valence electrons. The van der Waals surface area contributed by atoms with E-state index < -0.39 is 0 Å². The van der Waals surface area contributed by atoms with Crippen LogP contribution in [-0.4, -0.2) is 20.1 Å². The quantitative estimate of drug-likeness (QED) is 0.452. The molecule has 0 aromatic heterocycles. The van der Waals surface area contributed by atoms with Gasteiger partial charge in [-0.15, -0.1) is 0 Å². The van der Waals surface area contributed by atoms with Crippen LogP contribution in [0.1, 0.15) is 6.92 Å². The van der Waals surface area contributed by atoms with Gasteiger partial charge in [0.1, 0.15) is 5.75 Å². The van der Waals surface area contributed by atoms with Crippen LogP contribution in [0.4, 0.5) is 28.4 Å². The maximum absolute atomic E-state index is 11.4. The number of carbonyl (C=O) groups excluding carboxylic acids is 1. The summed E-state index contributed by atoms with van der Waals surface area (Å²) in [6.07, 6.45) is 0. The van der Waals surface area contributed by atoms with Crippen LogP contribution in [0.15, 0.2) is 93.3 Å². The smallest absolute Gasteiger partial charge is 0.223 e. The molecule has 0 spiro atoms. The molecule has 0 radical (unpaired) electrons. The molecule has 0 saturated carbocycles. The van der Waals surface area contributed by atoms with Gasteiger partial charge in [0.05, 0.1) is 29.9 Å². The van der Waals surface area contributed by atoms with Gasteiger partial charge in [0, 0.05) is 19.7 Å². The molecule has 0 N–H and O–H groups in total. The van der Waals surface area contributed by atoms with Crippen molar-refractivity contribution in [2.75, 3.05) is 19.1 Å². The third-order valence-electron chi connectivity index (χ3n) is 4.19. The molecule has 0 saturated heterocycles. The van der Waals surface area contributed by atoms with Crippen molar-refractivity contribution >= 4 is 34.3 Å². The topological polar surface area (TPSA) is 79.0 Å². The van der Waals surface area contributed by atoms with Gasteiger partial charge in [-0.05, 0) is 72.8 Å². The van der Waals surface area contributed by atoms with Gasteiger partial charge in [-0.2, -0.15) is 20.5 Å². The number of ether oxygens (including phenoxy) is 1. The summed E-state index contributed by atoms with van der Waals surface area (Å²) < 4.78 is 5.12. The molecule has 0 aliphatic carbocycles. The maximum Gasteiger partial charge on any atom is 0.223 e. The number of methoxy groups -OCH3 is 1. The molecule has 0 aliphatic rings. The first-order chi connectivity index (χ1) is 14.0. The Morgan fingerprint density at radius 2 is 1.03 bits per heavy atom. The Bertz CT molecular complexity index is 1010. The van der Waals surface area contributed by atoms with E-state index in [2.05, 4.69) is 20.5 Å². The molecule has 7 nitrogen and oxygen atoms in total. The van der Waals surface area contributed by atoms with E-state index in [0.29, 0.717) is 11.4 Å². The van der Waals surface area contributed by atoms with Crippen molar-refractivity contribution in [2.24, 2.45) is 20.5 Å². The lowest BCUT2D eigenvalue weighted by Gasteiger charge is -2.14. The van der Waals surface area contributed by atoms with Gasteiger partial charge < -0.3 is 9.64 Å². The second-order valence-corrected chi connectivity index (χ2v) is 6.21. The lowest BCUT2D eigenvalue weighted by Crippen LogP contribution is -2.22. The van der Waals surface area contributed by atoms with Crippen molar-refractivity contribution in [1.29, 1.82) is 0 Å².